The van der Waals surface area contributed by atoms with Crippen molar-refractivity contribution in [2.45, 2.75) is 99.1 Å². The molecule has 7 N–H and O–H groups in total. The van der Waals surface area contributed by atoms with Crippen LogP contribution in [0, 0.1) is 19.3 Å². The van der Waals surface area contributed by atoms with Gasteiger partial charge in [-0.05, 0) is 100 Å². The summed E-state index contributed by atoms with van der Waals surface area (Å²) in [6.45, 7) is 19.0. The van der Waals surface area contributed by atoms with Crippen LogP contribution in [0.3, 0.4) is 0 Å². The number of phenolic OH excluding ortho intramolecular Hbond substituents is 1. The van der Waals surface area contributed by atoms with E-state index in [4.69, 9.17) is 20.7 Å². The molecule has 1 unspecified atom stereocenters. The van der Waals surface area contributed by atoms with E-state index in [0.29, 0.717) is 48.1 Å². The third kappa shape index (κ3) is 13.5. The van der Waals surface area contributed by atoms with Crippen LogP contribution < -0.4 is 21.1 Å². The number of carbonyl (C=O) groups is 1. The van der Waals surface area contributed by atoms with Crippen LogP contribution in [0.25, 0.3) is 5.70 Å². The molecule has 1 saturated carbocycles. The van der Waals surface area contributed by atoms with Crippen molar-refractivity contribution in [2.24, 2.45) is 17.6 Å². The number of aliphatic hydroxyl groups excluding tert-OH is 1. The Hall–Kier alpha value is -2.12. The molecule has 1 aliphatic carbocycles. The van der Waals surface area contributed by atoms with Crippen LogP contribution in [0.4, 0.5) is 0 Å². The van der Waals surface area contributed by atoms with E-state index in [0.717, 1.165) is 48.9 Å². The van der Waals surface area contributed by atoms with Crippen molar-refractivity contribution >= 4 is 11.6 Å². The number of nitrogens with one attached hydrogen (secondary N) is 2. The summed E-state index contributed by atoms with van der Waals surface area (Å²) in [5.41, 5.74) is 9.06. The molecule has 240 valence electrons. The molecule has 0 heterocycles. The van der Waals surface area contributed by atoms with E-state index in [2.05, 4.69) is 38.0 Å². The second-order valence-electron chi connectivity index (χ2n) is 10.8. The maximum absolute atomic E-state index is 13.5. The Labute approximate surface area is 269 Å². The largest absolute Gasteiger partial charge is 0.508 e. The van der Waals surface area contributed by atoms with Crippen molar-refractivity contribution < 1.29 is 45.9 Å². The van der Waals surface area contributed by atoms with E-state index in [-0.39, 0.29) is 52.7 Å². The number of aliphatic hydroxyl groups is 2. The molecule has 0 saturated heterocycles. The van der Waals surface area contributed by atoms with E-state index < -0.39 is 5.72 Å². The molecule has 1 aliphatic rings. The Kier molecular flexibility index (Phi) is 20.7. The van der Waals surface area contributed by atoms with E-state index in [1.54, 1.807) is 18.2 Å². The minimum absolute atomic E-state index is 0. The summed E-state index contributed by atoms with van der Waals surface area (Å²) >= 11 is 0. The predicted molar refractivity (Wildman–Crippen MR) is 170 cm³/mol. The fourth-order valence-electron chi connectivity index (χ4n) is 4.51. The van der Waals surface area contributed by atoms with Crippen LogP contribution in [0.15, 0.2) is 47.3 Å². The molecule has 0 spiro atoms. The van der Waals surface area contributed by atoms with Crippen molar-refractivity contribution in [3.05, 3.63) is 60.3 Å². The van der Waals surface area contributed by atoms with Gasteiger partial charge in [0.1, 0.15) is 22.9 Å². The standard InChI is InChI=1S/C26H40N2O3.C6H13NO2.CH3.W/c1-9-13-19(7)27-25(20(8)17(5)10-2)26(30)28-24(18(6)11-3)22-16-21(29)14-15-23(22)31-12-4;7-6(9)3-5(4-6)1-2-8;;/h14-17,27,29H,7,9-13H2,1-6,8H3,(H,28,30);5,8-9H,1-4,7H2;1H3;/q;;-1;/b24-18?,25-20-;;;. The topological polar surface area (TPSA) is 137 Å². The van der Waals surface area contributed by atoms with Gasteiger partial charge in [0.25, 0.3) is 5.91 Å². The SMILES string of the molecule is C=C(CCC)N/C(C(=O)NC(=C(C)CC)c1cc(O)ccc1OCC)=C(/C)C(C)CC.NC1(O)CC(CCO)C1.[CH3-].[W]. The summed E-state index contributed by atoms with van der Waals surface area (Å²) in [4.78, 5) is 13.5. The summed E-state index contributed by atoms with van der Waals surface area (Å²) in [5, 5.41) is 33.9. The summed E-state index contributed by atoms with van der Waals surface area (Å²) in [5.74, 6) is 1.22. The van der Waals surface area contributed by atoms with E-state index in [1.165, 1.54) is 0 Å². The summed E-state index contributed by atoms with van der Waals surface area (Å²) in [6, 6.07) is 4.95. The number of hydrogen-bond acceptors (Lipinski definition) is 7. The number of nitrogens with two attached hydrogens (primary N) is 1. The number of allylic oxidation sites excluding steroid dienone is 3. The average molecular weight is 759 g/mol. The molecule has 42 heavy (non-hydrogen) atoms. The monoisotopic (exact) mass is 758 g/mol. The molecule has 1 aromatic carbocycles. The van der Waals surface area contributed by atoms with Crippen molar-refractivity contribution in [3.8, 4) is 11.5 Å². The normalized spacial score (nSPS) is 19.1. The van der Waals surface area contributed by atoms with Crippen LogP contribution >= 0.6 is 0 Å². The second kappa shape index (κ2) is 20.7. The van der Waals surface area contributed by atoms with Gasteiger partial charge in [0.2, 0.25) is 0 Å². The Balaban J connectivity index is 0. The summed E-state index contributed by atoms with van der Waals surface area (Å²) in [6.07, 6.45) is 5.49. The number of amides is 1. The molecule has 0 bridgehead atoms. The molecular formula is C33H56N3O5W-. The van der Waals surface area contributed by atoms with Gasteiger partial charge in [-0.1, -0.05) is 40.7 Å². The Bertz CT molecular complexity index is 1040. The first-order valence-corrected chi connectivity index (χ1v) is 14.6. The molecule has 1 amide bonds. The smallest absolute Gasteiger partial charge is 0.272 e. The number of carbonyl (C=O) groups excluding carboxylic acids is 1. The zero-order valence-corrected chi connectivity index (χ0v) is 30.0. The molecule has 0 radical (unpaired) electrons. The molecular weight excluding hydrogens is 702 g/mol. The van der Waals surface area contributed by atoms with Crippen molar-refractivity contribution in [3.63, 3.8) is 0 Å². The fourth-order valence-corrected chi connectivity index (χ4v) is 4.51. The van der Waals surface area contributed by atoms with Gasteiger partial charge in [-0.25, -0.2) is 0 Å². The number of hydrogen-bond donors (Lipinski definition) is 6. The maximum atomic E-state index is 13.5. The van der Waals surface area contributed by atoms with E-state index >= 15 is 0 Å². The number of ether oxygens (including phenoxy) is 1. The van der Waals surface area contributed by atoms with Gasteiger partial charge in [-0.2, -0.15) is 0 Å². The quantitative estimate of drug-likeness (QED) is 0.0762. The first-order chi connectivity index (χ1) is 18.8. The number of benzene rings is 1. The van der Waals surface area contributed by atoms with Gasteiger partial charge in [-0.15, -0.1) is 0 Å². The number of rotatable bonds is 14. The van der Waals surface area contributed by atoms with Gasteiger partial charge in [0.15, 0.2) is 0 Å². The zero-order chi connectivity index (χ0) is 30.5. The molecule has 1 aromatic rings. The molecule has 0 aliphatic heterocycles. The average Bonchev–Trinajstić information content (AvgIpc) is 2.89. The van der Waals surface area contributed by atoms with Crippen LogP contribution in [-0.4, -0.2) is 40.2 Å². The van der Waals surface area contributed by atoms with Crippen molar-refractivity contribution in [2.75, 3.05) is 13.2 Å². The molecule has 9 heteroatoms. The van der Waals surface area contributed by atoms with Crippen LogP contribution in [0.5, 0.6) is 11.5 Å². The van der Waals surface area contributed by atoms with Crippen molar-refractivity contribution in [1.82, 2.24) is 10.6 Å². The van der Waals surface area contributed by atoms with Crippen LogP contribution in [0.1, 0.15) is 99.0 Å². The first kappa shape index (κ1) is 42.0. The fraction of sp³-hybridized carbons (Fsp3) is 0.576. The molecule has 1 fully saturated rings. The Morgan fingerprint density at radius 1 is 1.19 bits per heavy atom. The van der Waals surface area contributed by atoms with E-state index in [9.17, 15) is 9.90 Å². The summed E-state index contributed by atoms with van der Waals surface area (Å²) in [7, 11) is 0. The number of aromatic hydroxyl groups is 1. The van der Waals surface area contributed by atoms with Gasteiger partial charge < -0.3 is 43.9 Å². The molecule has 0 aromatic heterocycles. The zero-order valence-electron chi connectivity index (χ0n) is 27.1. The third-order valence-electron chi connectivity index (χ3n) is 7.38. The van der Waals surface area contributed by atoms with Crippen LogP contribution in [-0.2, 0) is 25.9 Å². The van der Waals surface area contributed by atoms with Crippen molar-refractivity contribution in [1.29, 1.82) is 0 Å². The van der Waals surface area contributed by atoms with Gasteiger partial charge in [-0.3, -0.25) is 4.79 Å². The predicted octanol–water partition coefficient (Wildman–Crippen LogP) is 6.15. The minimum atomic E-state index is -0.917. The van der Waals surface area contributed by atoms with Gasteiger partial charge >= 0.3 is 0 Å². The minimum Gasteiger partial charge on any atom is -0.508 e. The van der Waals surface area contributed by atoms with Gasteiger partial charge in [0, 0.05) is 38.9 Å². The Morgan fingerprint density at radius 3 is 2.29 bits per heavy atom. The Morgan fingerprint density at radius 2 is 1.81 bits per heavy atom. The molecule has 2 rings (SSSR count). The second-order valence-corrected chi connectivity index (χ2v) is 10.8. The first-order valence-electron chi connectivity index (χ1n) is 14.6. The van der Waals surface area contributed by atoms with Gasteiger partial charge in [0.05, 0.1) is 12.3 Å². The molecule has 1 atom stereocenters. The van der Waals surface area contributed by atoms with Crippen LogP contribution in [0.2, 0.25) is 0 Å². The number of phenols is 1. The third-order valence-corrected chi connectivity index (χ3v) is 7.38. The molecule has 8 nitrogen and oxygen atoms in total. The van der Waals surface area contributed by atoms with E-state index in [1.807, 2.05) is 27.7 Å². The maximum Gasteiger partial charge on any atom is 0.272 e. The summed E-state index contributed by atoms with van der Waals surface area (Å²) < 4.78 is 5.77.